The van der Waals surface area contributed by atoms with Gasteiger partial charge >= 0.3 is 0 Å². The zero-order valence-corrected chi connectivity index (χ0v) is 15.2. The molecule has 0 saturated heterocycles. The van der Waals surface area contributed by atoms with Crippen LogP contribution >= 0.6 is 0 Å². The summed E-state index contributed by atoms with van der Waals surface area (Å²) < 4.78 is 11.6. The van der Waals surface area contributed by atoms with Gasteiger partial charge in [0.15, 0.2) is 11.3 Å². The first-order valence-electron chi connectivity index (χ1n) is 8.95. The van der Waals surface area contributed by atoms with Crippen molar-refractivity contribution in [3.63, 3.8) is 0 Å². The predicted molar refractivity (Wildman–Crippen MR) is 106 cm³/mol. The Morgan fingerprint density at radius 2 is 2.04 bits per heavy atom. The summed E-state index contributed by atoms with van der Waals surface area (Å²) in [6, 6.07) is 16.0. The van der Waals surface area contributed by atoms with Crippen LogP contribution in [0.15, 0.2) is 71.5 Å². The highest BCUT2D eigenvalue weighted by Crippen LogP contribution is 2.35. The van der Waals surface area contributed by atoms with Crippen molar-refractivity contribution >= 4 is 11.0 Å². The van der Waals surface area contributed by atoms with Crippen LogP contribution < -0.4 is 10.1 Å². The van der Waals surface area contributed by atoms with E-state index < -0.39 is 0 Å². The number of hydrogen-bond acceptors (Lipinski definition) is 5. The number of furan rings is 1. The molecule has 5 nitrogen and oxygen atoms in total. The summed E-state index contributed by atoms with van der Waals surface area (Å²) in [5, 5.41) is 4.55. The number of rotatable bonds is 7. The van der Waals surface area contributed by atoms with E-state index in [0.29, 0.717) is 0 Å². The van der Waals surface area contributed by atoms with Crippen LogP contribution in [0, 0.1) is 0 Å². The number of nitrogens with one attached hydrogen (secondary N) is 1. The number of methoxy groups -OCH3 is 1. The maximum absolute atomic E-state index is 6.09. The second-order valence-corrected chi connectivity index (χ2v) is 6.27. The second-order valence-electron chi connectivity index (χ2n) is 6.27. The normalized spacial score (nSPS) is 11.0. The molecule has 0 atom stereocenters. The van der Waals surface area contributed by atoms with Gasteiger partial charge in [-0.3, -0.25) is 9.97 Å². The van der Waals surface area contributed by atoms with Gasteiger partial charge in [0, 0.05) is 54.7 Å². The zero-order valence-electron chi connectivity index (χ0n) is 15.2. The van der Waals surface area contributed by atoms with Crippen LogP contribution in [0.1, 0.15) is 11.3 Å². The number of pyridine rings is 2. The fourth-order valence-corrected chi connectivity index (χ4v) is 3.11. The third-order valence-corrected chi connectivity index (χ3v) is 4.50. The Morgan fingerprint density at radius 1 is 1.07 bits per heavy atom. The standard InChI is InChI=1S/C22H21N3O2/c1-26-20-8-7-16(14-24-12-9-18-6-2-3-11-25-18)19-13-21(27-22(19)20)17-5-4-10-23-15-17/h2-8,10-11,13,15,24H,9,12,14H2,1H3. The van der Waals surface area contributed by atoms with Crippen LogP contribution in [-0.2, 0) is 13.0 Å². The van der Waals surface area contributed by atoms with Gasteiger partial charge in [-0.15, -0.1) is 0 Å². The van der Waals surface area contributed by atoms with Crippen LogP contribution in [0.5, 0.6) is 5.75 Å². The van der Waals surface area contributed by atoms with E-state index in [1.807, 2.05) is 42.6 Å². The van der Waals surface area contributed by atoms with Crippen molar-refractivity contribution in [1.82, 2.24) is 15.3 Å². The van der Waals surface area contributed by atoms with E-state index in [1.165, 1.54) is 5.56 Å². The van der Waals surface area contributed by atoms with Gasteiger partial charge in [0.1, 0.15) is 5.76 Å². The number of nitrogens with zero attached hydrogens (tertiary/aromatic N) is 2. The average Bonchev–Trinajstić information content (AvgIpc) is 3.18. The van der Waals surface area contributed by atoms with Crippen molar-refractivity contribution in [2.45, 2.75) is 13.0 Å². The molecule has 1 N–H and O–H groups in total. The monoisotopic (exact) mass is 359 g/mol. The van der Waals surface area contributed by atoms with E-state index >= 15 is 0 Å². The van der Waals surface area contributed by atoms with E-state index in [-0.39, 0.29) is 0 Å². The molecule has 0 radical (unpaired) electrons. The minimum atomic E-state index is 0.734. The molecule has 27 heavy (non-hydrogen) atoms. The Kier molecular flexibility index (Phi) is 5.12. The number of ether oxygens (including phenoxy) is 1. The van der Waals surface area contributed by atoms with Crippen LogP contribution in [0.2, 0.25) is 0 Å². The number of benzene rings is 1. The molecular formula is C22H21N3O2. The van der Waals surface area contributed by atoms with E-state index in [0.717, 1.165) is 53.2 Å². The summed E-state index contributed by atoms with van der Waals surface area (Å²) in [5.41, 5.74) is 3.97. The number of fused-ring (bicyclic) bond motifs is 1. The lowest BCUT2D eigenvalue weighted by atomic mass is 10.1. The summed E-state index contributed by atoms with van der Waals surface area (Å²) in [6.45, 7) is 1.61. The third kappa shape index (κ3) is 3.83. The SMILES string of the molecule is COc1ccc(CNCCc2ccccn2)c2cc(-c3cccnc3)oc12. The van der Waals surface area contributed by atoms with Crippen molar-refractivity contribution in [1.29, 1.82) is 0 Å². The van der Waals surface area contributed by atoms with Gasteiger partial charge in [-0.2, -0.15) is 0 Å². The smallest absolute Gasteiger partial charge is 0.176 e. The van der Waals surface area contributed by atoms with Gasteiger partial charge in [-0.05, 0) is 42.0 Å². The summed E-state index contributed by atoms with van der Waals surface area (Å²) in [6.07, 6.45) is 6.28. The van der Waals surface area contributed by atoms with E-state index in [2.05, 4.69) is 27.4 Å². The Morgan fingerprint density at radius 3 is 2.81 bits per heavy atom. The Balaban J connectivity index is 1.54. The number of aromatic nitrogens is 2. The van der Waals surface area contributed by atoms with Gasteiger partial charge in [0.2, 0.25) is 0 Å². The first kappa shape index (κ1) is 17.2. The van der Waals surface area contributed by atoms with Gasteiger partial charge in [-0.1, -0.05) is 12.1 Å². The molecule has 3 heterocycles. The van der Waals surface area contributed by atoms with Crippen LogP contribution in [-0.4, -0.2) is 23.6 Å². The predicted octanol–water partition coefficient (Wildman–Crippen LogP) is 4.23. The molecule has 4 aromatic rings. The van der Waals surface area contributed by atoms with Gasteiger partial charge in [0.25, 0.3) is 0 Å². The van der Waals surface area contributed by atoms with Crippen molar-refractivity contribution < 1.29 is 9.15 Å². The summed E-state index contributed by atoms with van der Waals surface area (Å²) in [4.78, 5) is 8.53. The zero-order chi connectivity index (χ0) is 18.5. The van der Waals surface area contributed by atoms with Gasteiger partial charge < -0.3 is 14.5 Å². The quantitative estimate of drug-likeness (QED) is 0.500. The lowest BCUT2D eigenvalue weighted by molar-refractivity contribution is 0.411. The van der Waals surface area contributed by atoms with Crippen molar-refractivity contribution in [2.24, 2.45) is 0 Å². The molecule has 0 bridgehead atoms. The first-order chi connectivity index (χ1) is 13.3. The molecule has 0 aliphatic carbocycles. The molecule has 3 aromatic heterocycles. The lowest BCUT2D eigenvalue weighted by Crippen LogP contribution is -2.17. The summed E-state index contributed by atoms with van der Waals surface area (Å²) in [5.74, 6) is 1.52. The van der Waals surface area contributed by atoms with Crippen LogP contribution in [0.25, 0.3) is 22.3 Å². The Labute approximate surface area is 158 Å². The average molecular weight is 359 g/mol. The van der Waals surface area contributed by atoms with Crippen molar-refractivity contribution in [3.8, 4) is 17.1 Å². The van der Waals surface area contributed by atoms with Crippen LogP contribution in [0.4, 0.5) is 0 Å². The molecule has 0 unspecified atom stereocenters. The highest BCUT2D eigenvalue weighted by atomic mass is 16.5. The summed E-state index contributed by atoms with van der Waals surface area (Å²) >= 11 is 0. The Hall–Kier alpha value is -3.18. The molecule has 5 heteroatoms. The molecule has 0 aliphatic rings. The lowest BCUT2D eigenvalue weighted by Gasteiger charge is -2.08. The summed E-state index contributed by atoms with van der Waals surface area (Å²) in [7, 11) is 1.66. The first-order valence-corrected chi connectivity index (χ1v) is 8.95. The Bertz CT molecular complexity index is 1010. The molecule has 0 spiro atoms. The van der Waals surface area contributed by atoms with E-state index in [4.69, 9.17) is 9.15 Å². The largest absolute Gasteiger partial charge is 0.493 e. The van der Waals surface area contributed by atoms with Gasteiger partial charge in [-0.25, -0.2) is 0 Å². The molecule has 4 rings (SSSR count). The molecule has 136 valence electrons. The van der Waals surface area contributed by atoms with Gasteiger partial charge in [0.05, 0.1) is 7.11 Å². The maximum Gasteiger partial charge on any atom is 0.176 e. The van der Waals surface area contributed by atoms with E-state index in [1.54, 1.807) is 19.5 Å². The highest BCUT2D eigenvalue weighted by Gasteiger charge is 2.14. The minimum absolute atomic E-state index is 0.734. The van der Waals surface area contributed by atoms with Crippen molar-refractivity contribution in [2.75, 3.05) is 13.7 Å². The molecule has 1 aromatic carbocycles. The fraction of sp³-hybridized carbons (Fsp3) is 0.182. The number of hydrogen-bond donors (Lipinski definition) is 1. The molecule has 0 fully saturated rings. The maximum atomic E-state index is 6.09. The molecule has 0 amide bonds. The second kappa shape index (κ2) is 8.01. The minimum Gasteiger partial charge on any atom is -0.493 e. The highest BCUT2D eigenvalue weighted by molar-refractivity contribution is 5.90. The van der Waals surface area contributed by atoms with Crippen molar-refractivity contribution in [3.05, 3.63) is 78.4 Å². The fourth-order valence-electron chi connectivity index (χ4n) is 3.11. The third-order valence-electron chi connectivity index (χ3n) is 4.50. The van der Waals surface area contributed by atoms with Crippen LogP contribution in [0.3, 0.4) is 0 Å². The molecule has 0 aliphatic heterocycles. The molecular weight excluding hydrogens is 338 g/mol. The van der Waals surface area contributed by atoms with E-state index in [9.17, 15) is 0 Å². The molecule has 0 saturated carbocycles. The topological polar surface area (TPSA) is 60.2 Å².